The smallest absolute Gasteiger partial charge is 1.00 e. The van der Waals surface area contributed by atoms with Gasteiger partial charge in [0.2, 0.25) is 0 Å². The third-order valence-electron chi connectivity index (χ3n) is 1.30. The standard InChI is InChI=1S/C9H9F2O.BrH.Mg/c10-9(11)7-12-6-8-4-2-1-3-5-8;;/h2-5,9H,6-7H2;1H;/q-1;;+2/p-1. The van der Waals surface area contributed by atoms with E-state index in [2.05, 4.69) is 6.07 Å². The predicted molar refractivity (Wildman–Crippen MR) is 46.7 cm³/mol. The van der Waals surface area contributed by atoms with Crippen molar-refractivity contribution < 1.29 is 30.5 Å². The molecule has 1 rings (SSSR count). The van der Waals surface area contributed by atoms with Crippen molar-refractivity contribution in [2.45, 2.75) is 13.0 Å². The number of hydrogen-bond acceptors (Lipinski definition) is 1. The summed E-state index contributed by atoms with van der Waals surface area (Å²) in [5.41, 5.74) is 0.884. The summed E-state index contributed by atoms with van der Waals surface area (Å²) in [7, 11) is 0. The average molecular weight is 275 g/mol. The molecule has 5 heteroatoms. The Balaban J connectivity index is 0. The first-order valence-corrected chi connectivity index (χ1v) is 3.60. The zero-order chi connectivity index (χ0) is 8.81. The second kappa shape index (κ2) is 9.83. The number of benzene rings is 1. The van der Waals surface area contributed by atoms with E-state index in [1.807, 2.05) is 0 Å². The van der Waals surface area contributed by atoms with Crippen molar-refractivity contribution in [1.82, 2.24) is 0 Å². The van der Waals surface area contributed by atoms with Gasteiger partial charge in [-0.3, -0.25) is 0 Å². The van der Waals surface area contributed by atoms with Crippen LogP contribution in [0.25, 0.3) is 0 Å². The van der Waals surface area contributed by atoms with E-state index in [1.165, 1.54) is 0 Å². The fourth-order valence-corrected chi connectivity index (χ4v) is 0.784. The van der Waals surface area contributed by atoms with Crippen LogP contribution in [0, 0.1) is 6.07 Å². The fraction of sp³-hybridized carbons (Fsp3) is 0.333. The molecule has 0 bridgehead atoms. The Labute approximate surface area is 109 Å². The molecule has 0 heterocycles. The molecule has 0 aromatic heterocycles. The Morgan fingerprint density at radius 3 is 2.36 bits per heavy atom. The van der Waals surface area contributed by atoms with Crippen LogP contribution in [0.5, 0.6) is 0 Å². The number of halogens is 3. The monoisotopic (exact) mass is 274 g/mol. The van der Waals surface area contributed by atoms with Crippen molar-refractivity contribution >= 4 is 23.1 Å². The second-order valence-corrected chi connectivity index (χ2v) is 2.31. The van der Waals surface area contributed by atoms with E-state index in [1.54, 1.807) is 24.3 Å². The topological polar surface area (TPSA) is 9.23 Å². The molecule has 1 aromatic carbocycles. The van der Waals surface area contributed by atoms with Crippen LogP contribution in [0.15, 0.2) is 24.3 Å². The maximum absolute atomic E-state index is 11.6. The summed E-state index contributed by atoms with van der Waals surface area (Å²) in [5, 5.41) is 0. The predicted octanol–water partition coefficient (Wildman–Crippen LogP) is -1.11. The molecule has 1 nitrogen and oxygen atoms in total. The van der Waals surface area contributed by atoms with Crippen molar-refractivity contribution in [3.63, 3.8) is 0 Å². The maximum Gasteiger partial charge on any atom is 2.00 e. The van der Waals surface area contributed by atoms with E-state index in [0.29, 0.717) is 0 Å². The van der Waals surface area contributed by atoms with Crippen LogP contribution in [-0.4, -0.2) is 36.1 Å². The largest absolute Gasteiger partial charge is 2.00 e. The van der Waals surface area contributed by atoms with Gasteiger partial charge in [0.25, 0.3) is 6.43 Å². The first kappa shape index (κ1) is 16.7. The molecule has 1 aromatic rings. The van der Waals surface area contributed by atoms with E-state index in [-0.39, 0.29) is 46.6 Å². The van der Waals surface area contributed by atoms with Gasteiger partial charge in [-0.1, -0.05) is 0 Å². The quantitative estimate of drug-likeness (QED) is 0.500. The molecule has 74 valence electrons. The molecule has 0 N–H and O–H groups in total. The van der Waals surface area contributed by atoms with E-state index >= 15 is 0 Å². The first-order chi connectivity index (χ1) is 5.79. The van der Waals surface area contributed by atoms with Gasteiger partial charge in [0, 0.05) is 6.61 Å². The van der Waals surface area contributed by atoms with Crippen molar-refractivity contribution in [3.8, 4) is 0 Å². The van der Waals surface area contributed by atoms with Crippen LogP contribution in [0.3, 0.4) is 0 Å². The number of hydrogen-bond donors (Lipinski definition) is 0. The third-order valence-corrected chi connectivity index (χ3v) is 1.30. The number of ether oxygens (including phenoxy) is 1. The molecular weight excluding hydrogens is 266 g/mol. The molecule has 0 aliphatic heterocycles. The summed E-state index contributed by atoms with van der Waals surface area (Å²) in [4.78, 5) is 0. The van der Waals surface area contributed by atoms with Gasteiger partial charge >= 0.3 is 23.1 Å². The molecule has 0 spiro atoms. The first-order valence-electron chi connectivity index (χ1n) is 3.60. The minimum absolute atomic E-state index is 0. The fourth-order valence-electron chi connectivity index (χ4n) is 0.784. The maximum atomic E-state index is 11.6. The Morgan fingerprint density at radius 2 is 1.86 bits per heavy atom. The van der Waals surface area contributed by atoms with Crippen LogP contribution in [-0.2, 0) is 11.3 Å². The zero-order valence-electron chi connectivity index (χ0n) is 7.55. The number of alkyl halides is 2. The van der Waals surface area contributed by atoms with Crippen LogP contribution in [0.2, 0.25) is 0 Å². The summed E-state index contributed by atoms with van der Waals surface area (Å²) in [5.74, 6) is 0. The van der Waals surface area contributed by atoms with Crippen LogP contribution in [0.4, 0.5) is 8.78 Å². The van der Waals surface area contributed by atoms with Crippen molar-refractivity contribution in [3.05, 3.63) is 35.9 Å². The minimum atomic E-state index is -2.39. The van der Waals surface area contributed by atoms with Gasteiger partial charge in [-0.15, -0.1) is 5.56 Å². The Bertz CT molecular complexity index is 221. The van der Waals surface area contributed by atoms with Gasteiger partial charge in [-0.25, -0.2) is 8.78 Å². The molecule has 0 unspecified atom stereocenters. The summed E-state index contributed by atoms with van der Waals surface area (Å²) in [6.45, 7) is -0.266. The second-order valence-electron chi connectivity index (χ2n) is 2.31. The normalized spacial score (nSPS) is 9.07. The molecule has 0 aliphatic rings. The Morgan fingerprint density at radius 1 is 1.29 bits per heavy atom. The Hall–Kier alpha value is 0.286. The van der Waals surface area contributed by atoms with Crippen molar-refractivity contribution in [1.29, 1.82) is 0 Å². The van der Waals surface area contributed by atoms with Crippen LogP contribution < -0.4 is 17.0 Å². The summed E-state index contributed by atoms with van der Waals surface area (Å²) in [6, 6.07) is 9.84. The summed E-state index contributed by atoms with van der Waals surface area (Å²) in [6.07, 6.45) is -2.39. The Kier molecular flexibility index (Phi) is 11.7. The van der Waals surface area contributed by atoms with E-state index in [9.17, 15) is 8.78 Å². The van der Waals surface area contributed by atoms with Crippen LogP contribution >= 0.6 is 0 Å². The van der Waals surface area contributed by atoms with E-state index in [4.69, 9.17) is 4.74 Å². The molecule has 14 heavy (non-hydrogen) atoms. The van der Waals surface area contributed by atoms with Crippen LogP contribution in [0.1, 0.15) is 5.56 Å². The summed E-state index contributed by atoms with van der Waals surface area (Å²) >= 11 is 0. The van der Waals surface area contributed by atoms with Gasteiger partial charge in [-0.2, -0.15) is 30.3 Å². The molecular formula is C9H9BrF2MgO. The molecule has 0 saturated carbocycles. The van der Waals surface area contributed by atoms with Gasteiger partial charge in [0.1, 0.15) is 6.61 Å². The van der Waals surface area contributed by atoms with Gasteiger partial charge in [0.05, 0.1) is 0 Å². The third kappa shape index (κ3) is 7.67. The van der Waals surface area contributed by atoms with Gasteiger partial charge < -0.3 is 21.7 Å². The van der Waals surface area contributed by atoms with Crippen molar-refractivity contribution in [2.75, 3.05) is 6.61 Å². The van der Waals surface area contributed by atoms with E-state index in [0.717, 1.165) is 5.56 Å². The van der Waals surface area contributed by atoms with Gasteiger partial charge in [-0.05, 0) is 0 Å². The zero-order valence-corrected chi connectivity index (χ0v) is 10.6. The molecule has 0 atom stereocenters. The van der Waals surface area contributed by atoms with E-state index < -0.39 is 13.0 Å². The molecule has 0 radical (unpaired) electrons. The SMILES string of the molecule is FC(F)COCc1cc[c-]cc1.[Br-].[Mg+2]. The summed E-state index contributed by atoms with van der Waals surface area (Å²) < 4.78 is 27.9. The molecule has 0 amide bonds. The number of rotatable bonds is 4. The average Bonchev–Trinajstić information content (AvgIpc) is 2.05. The molecule has 0 fully saturated rings. The van der Waals surface area contributed by atoms with Gasteiger partial charge in [0.15, 0.2) is 0 Å². The molecule has 0 saturated heterocycles. The van der Waals surface area contributed by atoms with Crippen molar-refractivity contribution in [2.24, 2.45) is 0 Å². The molecule has 0 aliphatic carbocycles. The minimum Gasteiger partial charge on any atom is -1.00 e.